The summed E-state index contributed by atoms with van der Waals surface area (Å²) in [7, 11) is 0. The Labute approximate surface area is 158 Å². The minimum absolute atomic E-state index is 0.287. The number of esters is 2. The first-order valence-corrected chi connectivity index (χ1v) is 9.51. The Morgan fingerprint density at radius 2 is 1.69 bits per heavy atom. The van der Waals surface area contributed by atoms with Crippen molar-refractivity contribution in [2.45, 2.75) is 45.0 Å². The number of benzene rings is 1. The Morgan fingerprint density at radius 3 is 2.27 bits per heavy atom. The van der Waals surface area contributed by atoms with Gasteiger partial charge in [0.25, 0.3) is 0 Å². The van der Waals surface area contributed by atoms with E-state index in [0.29, 0.717) is 22.5 Å². The molecule has 0 saturated heterocycles. The van der Waals surface area contributed by atoms with Crippen molar-refractivity contribution in [3.63, 3.8) is 0 Å². The van der Waals surface area contributed by atoms with Gasteiger partial charge >= 0.3 is 11.9 Å². The minimum Gasteiger partial charge on any atom is -0.463 e. The molecule has 0 aliphatic carbocycles. The number of thioether (sulfide) groups is 1. The van der Waals surface area contributed by atoms with Crippen molar-refractivity contribution in [2.24, 2.45) is 5.92 Å². The van der Waals surface area contributed by atoms with Crippen LogP contribution >= 0.6 is 11.8 Å². The molecule has 6 heteroatoms. The number of carbonyl (C=O) groups excluding carboxylic acids is 2. The van der Waals surface area contributed by atoms with Gasteiger partial charge in [-0.2, -0.15) is 0 Å². The van der Waals surface area contributed by atoms with Gasteiger partial charge in [0.1, 0.15) is 5.44 Å². The third-order valence-corrected chi connectivity index (χ3v) is 5.06. The molecule has 0 saturated carbocycles. The van der Waals surface area contributed by atoms with Crippen LogP contribution < -0.4 is 5.32 Å². The average molecular weight is 375 g/mol. The van der Waals surface area contributed by atoms with Crippen LogP contribution in [0.4, 0.5) is 0 Å². The predicted molar refractivity (Wildman–Crippen MR) is 102 cm³/mol. The van der Waals surface area contributed by atoms with Crippen molar-refractivity contribution in [2.75, 3.05) is 6.61 Å². The SMILES string of the molecule is CCOC(=O)C1=C(C)NC(C)=C(C(=O)OC(C)Sc2ccccc2)C1C. The molecule has 2 unspecified atom stereocenters. The van der Waals surface area contributed by atoms with Crippen LogP contribution in [-0.2, 0) is 19.1 Å². The summed E-state index contributed by atoms with van der Waals surface area (Å²) < 4.78 is 10.7. The zero-order chi connectivity index (χ0) is 19.3. The summed E-state index contributed by atoms with van der Waals surface area (Å²) in [4.78, 5) is 26.0. The van der Waals surface area contributed by atoms with E-state index in [1.165, 1.54) is 11.8 Å². The highest BCUT2D eigenvalue weighted by molar-refractivity contribution is 7.99. The van der Waals surface area contributed by atoms with E-state index in [0.717, 1.165) is 4.90 Å². The van der Waals surface area contributed by atoms with E-state index in [-0.39, 0.29) is 12.0 Å². The van der Waals surface area contributed by atoms with Crippen LogP contribution in [0.1, 0.15) is 34.6 Å². The first kappa shape index (κ1) is 20.1. The van der Waals surface area contributed by atoms with Crippen LogP contribution in [0.15, 0.2) is 57.8 Å². The second kappa shape index (κ2) is 8.94. The Hall–Kier alpha value is -2.21. The lowest BCUT2D eigenvalue weighted by molar-refractivity contribution is -0.140. The second-order valence-corrected chi connectivity index (χ2v) is 7.42. The molecule has 1 aliphatic rings. The fourth-order valence-corrected chi connectivity index (χ4v) is 3.84. The lowest BCUT2D eigenvalue weighted by atomic mass is 9.87. The van der Waals surface area contributed by atoms with Crippen LogP contribution in [-0.4, -0.2) is 24.0 Å². The molecule has 0 aromatic heterocycles. The Morgan fingerprint density at radius 1 is 1.12 bits per heavy atom. The van der Waals surface area contributed by atoms with Crippen LogP contribution in [0.25, 0.3) is 0 Å². The fraction of sp³-hybridized carbons (Fsp3) is 0.400. The molecule has 0 amide bonds. The van der Waals surface area contributed by atoms with Crippen molar-refractivity contribution in [1.82, 2.24) is 5.32 Å². The Bertz CT molecular complexity index is 739. The number of allylic oxidation sites excluding steroid dienone is 2. The largest absolute Gasteiger partial charge is 0.463 e. The van der Waals surface area contributed by atoms with Crippen molar-refractivity contribution in [3.05, 3.63) is 52.9 Å². The number of hydrogen-bond acceptors (Lipinski definition) is 6. The van der Waals surface area contributed by atoms with Crippen LogP contribution in [0.5, 0.6) is 0 Å². The molecule has 2 atom stereocenters. The first-order chi connectivity index (χ1) is 12.3. The summed E-state index contributed by atoms with van der Waals surface area (Å²) in [5, 5.41) is 3.10. The van der Waals surface area contributed by atoms with E-state index in [2.05, 4.69) is 5.32 Å². The van der Waals surface area contributed by atoms with Gasteiger partial charge in [-0.05, 0) is 39.8 Å². The highest BCUT2D eigenvalue weighted by Gasteiger charge is 2.34. The summed E-state index contributed by atoms with van der Waals surface area (Å²) in [6, 6.07) is 9.76. The van der Waals surface area contributed by atoms with E-state index in [1.807, 2.05) is 58.0 Å². The summed E-state index contributed by atoms with van der Waals surface area (Å²) >= 11 is 1.46. The first-order valence-electron chi connectivity index (χ1n) is 8.63. The standard InChI is InChI=1S/C20H25NO4S/c1-6-24-19(22)17-12(2)18(14(4)21-13(17)3)20(23)25-15(5)26-16-10-8-7-9-11-16/h7-12,15,21H,6H2,1-5H3. The normalized spacial score (nSPS) is 18.3. The van der Waals surface area contributed by atoms with E-state index < -0.39 is 17.9 Å². The molecule has 5 nitrogen and oxygen atoms in total. The van der Waals surface area contributed by atoms with Crippen molar-refractivity contribution in [1.29, 1.82) is 0 Å². The molecule has 140 valence electrons. The number of dihydropyridines is 1. The molecule has 2 rings (SSSR count). The summed E-state index contributed by atoms with van der Waals surface area (Å²) in [5.41, 5.74) is 1.98. The van der Waals surface area contributed by atoms with Crippen molar-refractivity contribution >= 4 is 23.7 Å². The summed E-state index contributed by atoms with van der Waals surface area (Å²) in [6.07, 6.45) is 0. The third-order valence-electron chi connectivity index (χ3n) is 4.08. The van der Waals surface area contributed by atoms with E-state index in [4.69, 9.17) is 9.47 Å². The monoisotopic (exact) mass is 375 g/mol. The number of rotatable bonds is 6. The molecule has 0 bridgehead atoms. The molecule has 0 radical (unpaired) electrons. The van der Waals surface area contributed by atoms with Gasteiger partial charge in [0, 0.05) is 22.2 Å². The van der Waals surface area contributed by atoms with E-state index in [9.17, 15) is 9.59 Å². The van der Waals surface area contributed by atoms with Crippen LogP contribution in [0, 0.1) is 5.92 Å². The number of carbonyl (C=O) groups is 2. The topological polar surface area (TPSA) is 64.6 Å². The number of hydrogen-bond donors (Lipinski definition) is 1. The molecule has 1 aromatic carbocycles. The highest BCUT2D eigenvalue weighted by Crippen LogP contribution is 2.32. The molecular formula is C20H25NO4S. The maximum absolute atomic E-state index is 12.7. The van der Waals surface area contributed by atoms with Crippen molar-refractivity contribution in [3.8, 4) is 0 Å². The fourth-order valence-electron chi connectivity index (χ4n) is 3.01. The van der Waals surface area contributed by atoms with Gasteiger partial charge in [0.05, 0.1) is 17.8 Å². The van der Waals surface area contributed by atoms with E-state index in [1.54, 1.807) is 6.92 Å². The molecule has 26 heavy (non-hydrogen) atoms. The van der Waals surface area contributed by atoms with Gasteiger partial charge in [0.2, 0.25) is 0 Å². The minimum atomic E-state index is -0.423. The number of ether oxygens (including phenoxy) is 2. The maximum Gasteiger partial charge on any atom is 0.337 e. The lowest BCUT2D eigenvalue weighted by Gasteiger charge is -2.28. The quantitative estimate of drug-likeness (QED) is 0.460. The summed E-state index contributed by atoms with van der Waals surface area (Å²) in [6.45, 7) is 9.32. The maximum atomic E-state index is 12.7. The summed E-state index contributed by atoms with van der Waals surface area (Å²) in [5.74, 6) is -1.22. The molecule has 1 heterocycles. The van der Waals surface area contributed by atoms with Gasteiger partial charge in [0.15, 0.2) is 0 Å². The zero-order valence-electron chi connectivity index (χ0n) is 15.8. The molecule has 1 aliphatic heterocycles. The lowest BCUT2D eigenvalue weighted by Crippen LogP contribution is -2.32. The molecule has 0 fully saturated rings. The van der Waals surface area contributed by atoms with E-state index >= 15 is 0 Å². The molecule has 1 N–H and O–H groups in total. The van der Waals surface area contributed by atoms with Crippen molar-refractivity contribution < 1.29 is 19.1 Å². The van der Waals surface area contributed by atoms with Crippen LogP contribution in [0.3, 0.4) is 0 Å². The second-order valence-electron chi connectivity index (χ2n) is 6.05. The average Bonchev–Trinajstić information content (AvgIpc) is 2.55. The van der Waals surface area contributed by atoms with Gasteiger partial charge in [-0.15, -0.1) is 0 Å². The van der Waals surface area contributed by atoms with Gasteiger partial charge in [-0.3, -0.25) is 0 Å². The van der Waals surface area contributed by atoms with Gasteiger partial charge in [-0.25, -0.2) is 9.59 Å². The van der Waals surface area contributed by atoms with Gasteiger partial charge < -0.3 is 14.8 Å². The number of nitrogens with one attached hydrogen (secondary N) is 1. The van der Waals surface area contributed by atoms with Gasteiger partial charge in [-0.1, -0.05) is 36.9 Å². The third kappa shape index (κ3) is 4.69. The molecule has 1 aromatic rings. The molecule has 0 spiro atoms. The predicted octanol–water partition coefficient (Wildman–Crippen LogP) is 4.02. The molecular weight excluding hydrogens is 350 g/mol. The highest BCUT2D eigenvalue weighted by atomic mass is 32.2. The smallest absolute Gasteiger partial charge is 0.337 e. The zero-order valence-corrected chi connectivity index (χ0v) is 16.6. The Kier molecular flexibility index (Phi) is 6.91. The van der Waals surface area contributed by atoms with Crippen LogP contribution in [0.2, 0.25) is 0 Å². The Balaban J connectivity index is 2.12.